The summed E-state index contributed by atoms with van der Waals surface area (Å²) in [6, 6.07) is 4.86. The van der Waals surface area contributed by atoms with Crippen LogP contribution in [0.5, 0.6) is 0 Å². The van der Waals surface area contributed by atoms with Gasteiger partial charge in [0.2, 0.25) is 0 Å². The monoisotopic (exact) mass is 357 g/mol. The number of carbonyl (C=O) groups is 1. The number of hydrogen-bond donors (Lipinski definition) is 1. The highest BCUT2D eigenvalue weighted by Crippen LogP contribution is 2.40. The summed E-state index contributed by atoms with van der Waals surface area (Å²) in [6.07, 6.45) is 3.06. The lowest BCUT2D eigenvalue weighted by molar-refractivity contribution is -0.151. The standard InChI is InChI=1S/C16H21BrFNO2/c1-3-7-16(15(20)21)8-4-9-19(16)11(2)12-5-6-14(18)13(17)10-12/h5-6,10-11H,3-4,7-9H2,1-2H3,(H,20,21). The van der Waals surface area contributed by atoms with Crippen molar-refractivity contribution in [3.8, 4) is 0 Å². The molecule has 1 aliphatic rings. The molecule has 0 amide bonds. The van der Waals surface area contributed by atoms with Crippen molar-refractivity contribution in [3.63, 3.8) is 0 Å². The van der Waals surface area contributed by atoms with E-state index in [2.05, 4.69) is 20.8 Å². The van der Waals surface area contributed by atoms with E-state index < -0.39 is 11.5 Å². The minimum absolute atomic E-state index is 0.0490. The molecule has 1 N–H and O–H groups in total. The van der Waals surface area contributed by atoms with Gasteiger partial charge in [-0.15, -0.1) is 0 Å². The molecule has 21 heavy (non-hydrogen) atoms. The average molecular weight is 358 g/mol. The van der Waals surface area contributed by atoms with Crippen LogP contribution in [0.4, 0.5) is 4.39 Å². The van der Waals surface area contributed by atoms with Gasteiger partial charge in [-0.25, -0.2) is 4.39 Å². The fourth-order valence-corrected chi connectivity index (χ4v) is 3.83. The first-order chi connectivity index (χ1) is 9.92. The van der Waals surface area contributed by atoms with Gasteiger partial charge < -0.3 is 5.11 Å². The van der Waals surface area contributed by atoms with Gasteiger partial charge in [-0.05, 0) is 66.4 Å². The van der Waals surface area contributed by atoms with Crippen molar-refractivity contribution >= 4 is 21.9 Å². The molecule has 0 radical (unpaired) electrons. The summed E-state index contributed by atoms with van der Waals surface area (Å²) in [5.41, 5.74) is 0.154. The molecule has 0 bridgehead atoms. The van der Waals surface area contributed by atoms with E-state index in [0.717, 1.165) is 24.9 Å². The molecule has 2 rings (SSSR count). The Morgan fingerprint density at radius 1 is 1.57 bits per heavy atom. The molecule has 2 atom stereocenters. The van der Waals surface area contributed by atoms with Crippen molar-refractivity contribution < 1.29 is 14.3 Å². The van der Waals surface area contributed by atoms with Gasteiger partial charge in [0.25, 0.3) is 0 Å². The van der Waals surface area contributed by atoms with Gasteiger partial charge >= 0.3 is 5.97 Å². The maximum Gasteiger partial charge on any atom is 0.324 e. The third kappa shape index (κ3) is 2.99. The molecule has 116 valence electrons. The molecular formula is C16H21BrFNO2. The second kappa shape index (κ2) is 6.44. The Morgan fingerprint density at radius 3 is 2.86 bits per heavy atom. The van der Waals surface area contributed by atoms with Crippen LogP contribution < -0.4 is 0 Å². The van der Waals surface area contributed by atoms with Crippen molar-refractivity contribution in [1.29, 1.82) is 0 Å². The molecule has 0 spiro atoms. The summed E-state index contributed by atoms with van der Waals surface area (Å²) < 4.78 is 13.8. The Balaban J connectivity index is 2.33. The summed E-state index contributed by atoms with van der Waals surface area (Å²) in [7, 11) is 0. The average Bonchev–Trinajstić information content (AvgIpc) is 2.86. The largest absolute Gasteiger partial charge is 0.480 e. The first-order valence-corrected chi connectivity index (χ1v) is 8.16. The summed E-state index contributed by atoms with van der Waals surface area (Å²) in [5, 5.41) is 9.75. The van der Waals surface area contributed by atoms with Crippen LogP contribution in [0, 0.1) is 5.82 Å². The van der Waals surface area contributed by atoms with Crippen molar-refractivity contribution in [2.45, 2.75) is 51.1 Å². The predicted molar refractivity (Wildman–Crippen MR) is 83.7 cm³/mol. The third-order valence-corrected chi connectivity index (χ3v) is 5.10. The van der Waals surface area contributed by atoms with Gasteiger partial charge in [0.1, 0.15) is 11.4 Å². The van der Waals surface area contributed by atoms with E-state index >= 15 is 0 Å². The lowest BCUT2D eigenvalue weighted by Gasteiger charge is -2.39. The molecule has 1 aliphatic heterocycles. The number of carboxylic acids is 1. The Kier molecular flexibility index (Phi) is 5.04. The fourth-order valence-electron chi connectivity index (χ4n) is 3.43. The SMILES string of the molecule is CCCC1(C(=O)O)CCCN1C(C)c1ccc(F)c(Br)c1. The number of hydrogen-bond acceptors (Lipinski definition) is 2. The summed E-state index contributed by atoms with van der Waals surface area (Å²) in [4.78, 5) is 13.9. The van der Waals surface area contributed by atoms with Gasteiger partial charge in [-0.1, -0.05) is 19.4 Å². The zero-order valence-electron chi connectivity index (χ0n) is 12.4. The van der Waals surface area contributed by atoms with Crippen molar-refractivity contribution in [2.24, 2.45) is 0 Å². The smallest absolute Gasteiger partial charge is 0.324 e. The highest BCUT2D eigenvalue weighted by Gasteiger charge is 2.48. The highest BCUT2D eigenvalue weighted by molar-refractivity contribution is 9.10. The third-order valence-electron chi connectivity index (χ3n) is 4.49. The number of likely N-dealkylation sites (tertiary alicyclic amines) is 1. The molecule has 1 aromatic carbocycles. The second-order valence-electron chi connectivity index (χ2n) is 5.73. The Hall–Kier alpha value is -0.940. The van der Waals surface area contributed by atoms with Gasteiger partial charge in [0.05, 0.1) is 4.47 Å². The number of rotatable bonds is 5. The molecule has 0 aliphatic carbocycles. The first kappa shape index (κ1) is 16.4. The van der Waals surface area contributed by atoms with Gasteiger partial charge in [0.15, 0.2) is 0 Å². The van der Waals surface area contributed by atoms with E-state index in [4.69, 9.17) is 0 Å². The number of halogens is 2. The van der Waals surface area contributed by atoms with Crippen LogP contribution in [-0.2, 0) is 4.79 Å². The van der Waals surface area contributed by atoms with E-state index in [-0.39, 0.29) is 11.9 Å². The minimum atomic E-state index is -0.783. The Bertz CT molecular complexity index is 537. The molecular weight excluding hydrogens is 337 g/mol. The summed E-state index contributed by atoms with van der Waals surface area (Å²) >= 11 is 3.20. The molecule has 2 unspecified atom stereocenters. The second-order valence-corrected chi connectivity index (χ2v) is 6.59. The van der Waals surface area contributed by atoms with Gasteiger partial charge in [-0.3, -0.25) is 9.69 Å². The van der Waals surface area contributed by atoms with E-state index in [0.29, 0.717) is 17.3 Å². The van der Waals surface area contributed by atoms with Crippen LogP contribution >= 0.6 is 15.9 Å². The maximum absolute atomic E-state index is 13.4. The maximum atomic E-state index is 13.4. The van der Waals surface area contributed by atoms with E-state index in [1.54, 1.807) is 12.1 Å². The number of benzene rings is 1. The van der Waals surface area contributed by atoms with Crippen LogP contribution in [0.1, 0.15) is 51.1 Å². The number of nitrogens with zero attached hydrogens (tertiary/aromatic N) is 1. The predicted octanol–water partition coefficient (Wildman–Crippen LogP) is 4.37. The van der Waals surface area contributed by atoms with Crippen molar-refractivity contribution in [3.05, 3.63) is 34.1 Å². The number of aliphatic carboxylic acids is 1. The molecule has 5 heteroatoms. The molecule has 1 saturated heterocycles. The van der Waals surface area contributed by atoms with Crippen LogP contribution in [0.2, 0.25) is 0 Å². The van der Waals surface area contributed by atoms with Crippen molar-refractivity contribution in [2.75, 3.05) is 6.54 Å². The quantitative estimate of drug-likeness (QED) is 0.850. The normalized spacial score (nSPS) is 24.2. The molecule has 0 saturated carbocycles. The Labute approximate surface area is 133 Å². The lowest BCUT2D eigenvalue weighted by Crippen LogP contribution is -2.51. The summed E-state index contributed by atoms with van der Waals surface area (Å²) in [5.74, 6) is -1.04. The van der Waals surface area contributed by atoms with Gasteiger partial charge in [-0.2, -0.15) is 0 Å². The highest BCUT2D eigenvalue weighted by atomic mass is 79.9. The van der Waals surface area contributed by atoms with E-state index in [9.17, 15) is 14.3 Å². The van der Waals surface area contributed by atoms with Crippen molar-refractivity contribution in [1.82, 2.24) is 4.90 Å². The molecule has 1 fully saturated rings. The first-order valence-electron chi connectivity index (χ1n) is 7.37. The molecule has 1 aromatic rings. The topological polar surface area (TPSA) is 40.5 Å². The van der Waals surface area contributed by atoms with E-state index in [1.165, 1.54) is 6.07 Å². The zero-order chi connectivity index (χ0) is 15.6. The number of carboxylic acid groups (broad SMARTS) is 1. The van der Waals surface area contributed by atoms with Crippen LogP contribution in [-0.4, -0.2) is 28.1 Å². The van der Waals surface area contributed by atoms with Crippen LogP contribution in [0.25, 0.3) is 0 Å². The lowest BCUT2D eigenvalue weighted by atomic mass is 9.89. The summed E-state index contributed by atoms with van der Waals surface area (Å²) in [6.45, 7) is 4.78. The molecule has 0 aromatic heterocycles. The zero-order valence-corrected chi connectivity index (χ0v) is 14.0. The molecule has 3 nitrogen and oxygen atoms in total. The molecule has 1 heterocycles. The fraction of sp³-hybridized carbons (Fsp3) is 0.562. The van der Waals surface area contributed by atoms with Crippen LogP contribution in [0.3, 0.4) is 0 Å². The van der Waals surface area contributed by atoms with Crippen LogP contribution in [0.15, 0.2) is 22.7 Å². The van der Waals surface area contributed by atoms with E-state index in [1.807, 2.05) is 13.8 Å². The van der Waals surface area contributed by atoms with Gasteiger partial charge in [0, 0.05) is 6.04 Å². The minimum Gasteiger partial charge on any atom is -0.480 e. The Morgan fingerprint density at radius 2 is 2.29 bits per heavy atom.